The lowest BCUT2D eigenvalue weighted by molar-refractivity contribution is -0.132. The van der Waals surface area contributed by atoms with E-state index < -0.39 is 24.0 Å². The van der Waals surface area contributed by atoms with Crippen molar-refractivity contribution in [3.05, 3.63) is 11.9 Å². The highest BCUT2D eigenvalue weighted by Crippen LogP contribution is 2.12. The molecule has 9 heteroatoms. The third kappa shape index (κ3) is 3.23. The monoisotopic (exact) mass is 308 g/mol. The molecule has 0 saturated heterocycles. The van der Waals surface area contributed by atoms with Crippen molar-refractivity contribution < 1.29 is 14.4 Å². The maximum atomic E-state index is 12.1. The minimum absolute atomic E-state index is 0.332. The number of rotatable bonds is 0. The third-order valence-corrected chi connectivity index (χ3v) is 3.61. The minimum Gasteiger partial charge on any atom is -0.346 e. The molecule has 22 heavy (non-hydrogen) atoms. The lowest BCUT2D eigenvalue weighted by Gasteiger charge is -2.20. The van der Waals surface area contributed by atoms with Crippen LogP contribution in [0.25, 0.3) is 0 Å². The molecule has 4 atom stereocenters. The van der Waals surface area contributed by atoms with Crippen LogP contribution in [0.15, 0.2) is 6.20 Å². The van der Waals surface area contributed by atoms with Crippen molar-refractivity contribution in [2.45, 2.75) is 51.9 Å². The SMILES string of the molecule is C[C@@H]1NC(=O)[C@@H](C)n2cc(nn2)[C@@H](C)NC(=O)[C@@H](C)NC1=O. The molecule has 2 rings (SSSR count). The highest BCUT2D eigenvalue weighted by molar-refractivity contribution is 5.92. The molecule has 2 bridgehead atoms. The van der Waals surface area contributed by atoms with Crippen molar-refractivity contribution in [1.82, 2.24) is 30.9 Å². The molecule has 0 saturated carbocycles. The molecule has 120 valence electrons. The fraction of sp³-hybridized carbons (Fsp3) is 0.615. The van der Waals surface area contributed by atoms with Gasteiger partial charge in [-0.3, -0.25) is 14.4 Å². The Morgan fingerprint density at radius 1 is 0.864 bits per heavy atom. The number of fused-ring (bicyclic) bond motifs is 2. The predicted molar refractivity (Wildman–Crippen MR) is 76.5 cm³/mol. The largest absolute Gasteiger partial charge is 0.346 e. The van der Waals surface area contributed by atoms with Gasteiger partial charge < -0.3 is 16.0 Å². The van der Waals surface area contributed by atoms with Gasteiger partial charge in [0.15, 0.2) is 0 Å². The number of aromatic nitrogens is 3. The van der Waals surface area contributed by atoms with Gasteiger partial charge >= 0.3 is 0 Å². The summed E-state index contributed by atoms with van der Waals surface area (Å²) in [5.74, 6) is -1.10. The number of nitrogens with zero attached hydrogens (tertiary/aromatic N) is 3. The van der Waals surface area contributed by atoms with Crippen LogP contribution in [0.2, 0.25) is 0 Å². The summed E-state index contributed by atoms with van der Waals surface area (Å²) in [4.78, 5) is 36.2. The maximum Gasteiger partial charge on any atom is 0.245 e. The van der Waals surface area contributed by atoms with Gasteiger partial charge in [-0.1, -0.05) is 5.21 Å². The number of hydrogen-bond donors (Lipinski definition) is 3. The highest BCUT2D eigenvalue weighted by atomic mass is 16.2. The zero-order valence-electron chi connectivity index (χ0n) is 13.0. The van der Waals surface area contributed by atoms with E-state index in [2.05, 4.69) is 26.3 Å². The molecule has 0 unspecified atom stereocenters. The first-order chi connectivity index (χ1) is 10.3. The Hall–Kier alpha value is -2.45. The van der Waals surface area contributed by atoms with Crippen LogP contribution in [-0.4, -0.2) is 44.8 Å². The summed E-state index contributed by atoms with van der Waals surface area (Å²) in [5, 5.41) is 15.8. The quantitative estimate of drug-likeness (QED) is 0.570. The van der Waals surface area contributed by atoms with Gasteiger partial charge in [0, 0.05) is 0 Å². The Morgan fingerprint density at radius 3 is 1.95 bits per heavy atom. The summed E-state index contributed by atoms with van der Waals surface area (Å²) in [6.07, 6.45) is 1.61. The van der Waals surface area contributed by atoms with Crippen molar-refractivity contribution in [2.24, 2.45) is 0 Å². The Kier molecular flexibility index (Phi) is 4.43. The van der Waals surface area contributed by atoms with Gasteiger partial charge in [0.2, 0.25) is 17.7 Å². The smallest absolute Gasteiger partial charge is 0.245 e. The summed E-state index contributed by atoms with van der Waals surface area (Å²) >= 11 is 0. The second-order valence-corrected chi connectivity index (χ2v) is 5.49. The van der Waals surface area contributed by atoms with Crippen molar-refractivity contribution in [3.8, 4) is 0 Å². The molecule has 3 N–H and O–H groups in total. The molecule has 0 radical (unpaired) electrons. The third-order valence-electron chi connectivity index (χ3n) is 3.61. The summed E-state index contributed by atoms with van der Waals surface area (Å²) in [7, 11) is 0. The molecule has 2 heterocycles. The van der Waals surface area contributed by atoms with E-state index in [0.717, 1.165) is 0 Å². The highest BCUT2D eigenvalue weighted by Gasteiger charge is 2.26. The van der Waals surface area contributed by atoms with Crippen LogP contribution in [0.3, 0.4) is 0 Å². The average molecular weight is 308 g/mol. The number of hydrogen-bond acceptors (Lipinski definition) is 5. The molecule has 0 aromatic carbocycles. The van der Waals surface area contributed by atoms with Gasteiger partial charge in [-0.15, -0.1) is 5.10 Å². The second-order valence-electron chi connectivity index (χ2n) is 5.49. The van der Waals surface area contributed by atoms with Gasteiger partial charge in [0.05, 0.1) is 12.2 Å². The fourth-order valence-electron chi connectivity index (χ4n) is 2.01. The standard InChI is InChI=1S/C13H20N6O3/c1-6-10-5-19(18-17-10)9(4)13(22)16-8(3)12(21)15-7(2)11(20)14-6/h5-9H,1-4H3,(H,14,20)(H,15,21)(H,16,22)/t6-,7-,8+,9-/m1/s1. The van der Waals surface area contributed by atoms with Crippen LogP contribution in [0.5, 0.6) is 0 Å². The first-order valence-corrected chi connectivity index (χ1v) is 7.12. The molecular weight excluding hydrogens is 288 g/mol. The number of carbonyl (C=O) groups excluding carboxylic acids is 3. The van der Waals surface area contributed by atoms with E-state index in [9.17, 15) is 14.4 Å². The first kappa shape index (κ1) is 15.9. The van der Waals surface area contributed by atoms with E-state index in [1.54, 1.807) is 33.9 Å². The zero-order valence-corrected chi connectivity index (χ0v) is 13.0. The van der Waals surface area contributed by atoms with Crippen LogP contribution < -0.4 is 16.0 Å². The molecule has 3 amide bonds. The summed E-state index contributed by atoms with van der Waals surface area (Å²) in [6, 6.07) is -2.47. The van der Waals surface area contributed by atoms with E-state index in [4.69, 9.17) is 0 Å². The molecule has 1 aromatic rings. The van der Waals surface area contributed by atoms with Crippen LogP contribution in [0, 0.1) is 0 Å². The van der Waals surface area contributed by atoms with Gasteiger partial charge in [-0.2, -0.15) is 0 Å². The van der Waals surface area contributed by atoms with Gasteiger partial charge in [-0.05, 0) is 27.7 Å². The van der Waals surface area contributed by atoms with E-state index in [0.29, 0.717) is 5.69 Å². The summed E-state index contributed by atoms with van der Waals surface area (Å²) in [6.45, 7) is 6.55. The van der Waals surface area contributed by atoms with E-state index >= 15 is 0 Å². The first-order valence-electron chi connectivity index (χ1n) is 7.12. The van der Waals surface area contributed by atoms with Crippen LogP contribution in [0.4, 0.5) is 0 Å². The van der Waals surface area contributed by atoms with Crippen LogP contribution in [0.1, 0.15) is 45.5 Å². The summed E-state index contributed by atoms with van der Waals surface area (Å²) < 4.78 is 1.40. The molecule has 1 aromatic heterocycles. The average Bonchev–Trinajstić information content (AvgIpc) is 2.94. The van der Waals surface area contributed by atoms with Gasteiger partial charge in [0.1, 0.15) is 23.8 Å². The lowest BCUT2D eigenvalue weighted by atomic mass is 10.2. The van der Waals surface area contributed by atoms with Gasteiger partial charge in [-0.25, -0.2) is 4.68 Å². The van der Waals surface area contributed by atoms with Crippen LogP contribution in [-0.2, 0) is 14.4 Å². The Labute approximate surface area is 127 Å². The van der Waals surface area contributed by atoms with Crippen LogP contribution >= 0.6 is 0 Å². The van der Waals surface area contributed by atoms with E-state index in [-0.39, 0.29) is 17.9 Å². The Balaban J connectivity index is 2.32. The zero-order chi connectivity index (χ0) is 16.4. The Bertz CT molecular complexity index is 598. The minimum atomic E-state index is -0.758. The molecule has 1 aliphatic heterocycles. The topological polar surface area (TPSA) is 118 Å². The molecule has 9 nitrogen and oxygen atoms in total. The molecule has 0 spiro atoms. The Morgan fingerprint density at radius 2 is 1.36 bits per heavy atom. The fourth-order valence-corrected chi connectivity index (χ4v) is 2.01. The van der Waals surface area contributed by atoms with E-state index in [1.807, 2.05) is 0 Å². The van der Waals surface area contributed by atoms with Crippen molar-refractivity contribution in [1.29, 1.82) is 0 Å². The number of amides is 3. The summed E-state index contributed by atoms with van der Waals surface area (Å²) in [5.41, 5.74) is 0.541. The van der Waals surface area contributed by atoms with Gasteiger partial charge in [0.25, 0.3) is 0 Å². The van der Waals surface area contributed by atoms with Crippen molar-refractivity contribution >= 4 is 17.7 Å². The molecular formula is C13H20N6O3. The van der Waals surface area contributed by atoms with Crippen molar-refractivity contribution in [2.75, 3.05) is 0 Å². The molecule has 1 aliphatic rings. The predicted octanol–water partition coefficient (Wildman–Crippen LogP) is -0.961. The molecule has 0 aliphatic carbocycles. The lowest BCUT2D eigenvalue weighted by Crippen LogP contribution is -2.52. The number of nitrogens with one attached hydrogen (secondary N) is 3. The second kappa shape index (κ2) is 6.12. The van der Waals surface area contributed by atoms with Crippen molar-refractivity contribution in [3.63, 3.8) is 0 Å². The number of carbonyl (C=O) groups is 3. The normalized spacial score (nSPS) is 30.3. The molecule has 0 fully saturated rings. The maximum absolute atomic E-state index is 12.1. The van der Waals surface area contributed by atoms with E-state index in [1.165, 1.54) is 4.68 Å².